The molecule has 0 amide bonds. The Hall–Kier alpha value is -3.47. The Kier molecular flexibility index (Phi) is 2.38. The maximum absolute atomic E-state index is 9.47. The topological polar surface area (TPSA) is 102 Å². The number of rotatable bonds is 0. The first-order chi connectivity index (χ1) is 10.8. The molecule has 0 spiro atoms. The first-order valence-corrected chi connectivity index (χ1v) is 7.04. The van der Waals surface area contributed by atoms with Crippen molar-refractivity contribution in [2.24, 2.45) is 0 Å². The van der Waals surface area contributed by atoms with Crippen LogP contribution in [-0.4, -0.2) is 14.4 Å². The fourth-order valence-electron chi connectivity index (χ4n) is 2.47. The number of aromatic nitrogens is 3. The molecule has 0 unspecified atom stereocenters. The first kappa shape index (κ1) is 12.3. The van der Waals surface area contributed by atoms with E-state index in [2.05, 4.69) is 16.0 Å². The molecular weight excluding hydrogens is 296 g/mol. The molecule has 22 heavy (non-hydrogen) atoms. The fourth-order valence-corrected chi connectivity index (χ4v) is 3.61. The zero-order valence-electron chi connectivity index (χ0n) is 10.9. The molecule has 0 aliphatic rings. The highest BCUT2D eigenvalue weighted by molar-refractivity contribution is 7.24. The van der Waals surface area contributed by atoms with Crippen LogP contribution in [0.15, 0.2) is 24.3 Å². The highest BCUT2D eigenvalue weighted by Crippen LogP contribution is 2.34. The van der Waals surface area contributed by atoms with Crippen LogP contribution in [0.3, 0.4) is 0 Å². The molecule has 0 radical (unpaired) electrons. The normalized spacial score (nSPS) is 10.6. The molecular formula is C15H4N6S. The van der Waals surface area contributed by atoms with Gasteiger partial charge in [-0.25, -0.2) is 9.97 Å². The van der Waals surface area contributed by atoms with E-state index >= 15 is 0 Å². The second-order valence-electron chi connectivity index (χ2n) is 4.51. The predicted octanol–water partition coefficient (Wildman–Crippen LogP) is 2.71. The van der Waals surface area contributed by atoms with Gasteiger partial charge in [0.25, 0.3) is 0 Å². The van der Waals surface area contributed by atoms with Crippen molar-refractivity contribution in [3.63, 3.8) is 0 Å². The van der Waals surface area contributed by atoms with Gasteiger partial charge in [0.15, 0.2) is 17.0 Å². The Morgan fingerprint density at radius 3 is 2.41 bits per heavy atom. The maximum Gasteiger partial charge on any atom is 0.179 e. The van der Waals surface area contributed by atoms with Crippen LogP contribution in [0, 0.1) is 34.0 Å². The smallest absolute Gasteiger partial charge is 0.179 e. The lowest BCUT2D eigenvalue weighted by atomic mass is 10.3. The van der Waals surface area contributed by atoms with E-state index in [9.17, 15) is 5.26 Å². The average Bonchev–Trinajstić information content (AvgIpc) is 3.07. The summed E-state index contributed by atoms with van der Waals surface area (Å²) in [6.07, 6.45) is 0. The Bertz CT molecular complexity index is 1210. The second-order valence-corrected chi connectivity index (χ2v) is 5.54. The number of nitrogens with zero attached hydrogens (tertiary/aromatic N) is 6. The summed E-state index contributed by atoms with van der Waals surface area (Å²) in [4.78, 5) is 9.14. The van der Waals surface area contributed by atoms with E-state index in [4.69, 9.17) is 10.5 Å². The Balaban J connectivity index is 2.34. The molecule has 4 aromatic rings. The van der Waals surface area contributed by atoms with Gasteiger partial charge in [-0.1, -0.05) is 12.1 Å². The molecule has 1 aromatic carbocycles. The van der Waals surface area contributed by atoms with Crippen molar-refractivity contribution in [3.05, 3.63) is 41.2 Å². The minimum absolute atomic E-state index is 0.0332. The van der Waals surface area contributed by atoms with Gasteiger partial charge >= 0.3 is 0 Å². The minimum atomic E-state index is -0.0611. The van der Waals surface area contributed by atoms with E-state index in [1.807, 2.05) is 40.8 Å². The molecule has 0 saturated carbocycles. The SMILES string of the molecule is N#Cc1nc2c(C#N)c3sc4ccccc4n3c2nc1C#N. The van der Waals surface area contributed by atoms with Crippen molar-refractivity contribution in [2.45, 2.75) is 0 Å². The summed E-state index contributed by atoms with van der Waals surface area (Å²) in [6.45, 7) is 0. The molecule has 3 aromatic heterocycles. The third-order valence-corrected chi connectivity index (χ3v) is 4.52. The van der Waals surface area contributed by atoms with Crippen LogP contribution in [0.5, 0.6) is 0 Å². The van der Waals surface area contributed by atoms with E-state index in [1.165, 1.54) is 11.3 Å². The zero-order valence-corrected chi connectivity index (χ0v) is 11.7. The molecule has 0 aliphatic heterocycles. The quantitative estimate of drug-likeness (QED) is 0.497. The van der Waals surface area contributed by atoms with Gasteiger partial charge in [0.05, 0.1) is 10.2 Å². The molecule has 0 saturated heterocycles. The standard InChI is InChI=1S/C15H4N6S/c16-5-8-13-14(20-10(7-18)9(6-17)19-13)21-11-3-1-2-4-12(11)22-15(8)21/h1-4H. The van der Waals surface area contributed by atoms with Crippen LogP contribution >= 0.6 is 11.3 Å². The number of benzene rings is 1. The summed E-state index contributed by atoms with van der Waals surface area (Å²) in [7, 11) is 0. The van der Waals surface area contributed by atoms with Gasteiger partial charge in [-0.3, -0.25) is 4.40 Å². The number of para-hydroxylation sites is 1. The molecule has 3 heterocycles. The van der Waals surface area contributed by atoms with Crippen molar-refractivity contribution in [2.75, 3.05) is 0 Å². The highest BCUT2D eigenvalue weighted by atomic mass is 32.1. The van der Waals surface area contributed by atoms with Crippen LogP contribution < -0.4 is 0 Å². The second kappa shape index (κ2) is 4.26. The Labute approximate surface area is 127 Å². The molecule has 0 bridgehead atoms. The number of nitriles is 3. The third kappa shape index (κ3) is 1.39. The maximum atomic E-state index is 9.47. The van der Waals surface area contributed by atoms with Gasteiger partial charge < -0.3 is 0 Å². The third-order valence-electron chi connectivity index (χ3n) is 3.38. The Morgan fingerprint density at radius 2 is 1.68 bits per heavy atom. The molecule has 0 fully saturated rings. The van der Waals surface area contributed by atoms with Gasteiger partial charge in [-0.2, -0.15) is 15.8 Å². The van der Waals surface area contributed by atoms with Crippen LogP contribution in [0.1, 0.15) is 17.0 Å². The van der Waals surface area contributed by atoms with E-state index in [0.29, 0.717) is 16.7 Å². The monoisotopic (exact) mass is 300 g/mol. The number of hydrogen-bond acceptors (Lipinski definition) is 6. The fraction of sp³-hybridized carbons (Fsp3) is 0. The minimum Gasteiger partial charge on any atom is -0.281 e. The summed E-state index contributed by atoms with van der Waals surface area (Å²) in [6, 6.07) is 13.6. The highest BCUT2D eigenvalue weighted by Gasteiger charge is 2.21. The van der Waals surface area contributed by atoms with Crippen LogP contribution in [0.2, 0.25) is 0 Å². The van der Waals surface area contributed by atoms with Crippen LogP contribution in [0.4, 0.5) is 0 Å². The van der Waals surface area contributed by atoms with Gasteiger partial charge in [-0.05, 0) is 12.1 Å². The lowest BCUT2D eigenvalue weighted by Gasteiger charge is -1.97. The molecule has 100 valence electrons. The summed E-state index contributed by atoms with van der Waals surface area (Å²) < 4.78 is 2.84. The van der Waals surface area contributed by atoms with Crippen LogP contribution in [0.25, 0.3) is 26.2 Å². The van der Waals surface area contributed by atoms with E-state index in [0.717, 1.165) is 15.0 Å². The van der Waals surface area contributed by atoms with E-state index < -0.39 is 0 Å². The molecule has 0 aliphatic carbocycles. The number of thiazole rings is 1. The Morgan fingerprint density at radius 1 is 0.955 bits per heavy atom. The van der Waals surface area contributed by atoms with Crippen molar-refractivity contribution < 1.29 is 0 Å². The van der Waals surface area contributed by atoms with Gasteiger partial charge in [0, 0.05) is 0 Å². The molecule has 6 nitrogen and oxygen atoms in total. The van der Waals surface area contributed by atoms with Crippen molar-refractivity contribution >= 4 is 37.5 Å². The zero-order chi connectivity index (χ0) is 15.3. The van der Waals surface area contributed by atoms with Crippen LogP contribution in [-0.2, 0) is 0 Å². The van der Waals surface area contributed by atoms with Gasteiger partial charge in [0.1, 0.15) is 34.1 Å². The lowest BCUT2D eigenvalue weighted by molar-refractivity contribution is 1.16. The number of fused-ring (bicyclic) bond motifs is 5. The number of hydrogen-bond donors (Lipinski definition) is 0. The summed E-state index contributed by atoms with van der Waals surface area (Å²) in [5, 5.41) is 27.7. The molecule has 7 heteroatoms. The summed E-state index contributed by atoms with van der Waals surface area (Å²) in [5.74, 6) is 0. The van der Waals surface area contributed by atoms with E-state index in [-0.39, 0.29) is 11.4 Å². The lowest BCUT2D eigenvalue weighted by Crippen LogP contribution is -1.96. The largest absolute Gasteiger partial charge is 0.281 e. The van der Waals surface area contributed by atoms with Crippen molar-refractivity contribution in [1.29, 1.82) is 15.8 Å². The van der Waals surface area contributed by atoms with Gasteiger partial charge in [-0.15, -0.1) is 11.3 Å². The molecule has 0 atom stereocenters. The molecule has 0 N–H and O–H groups in total. The van der Waals surface area contributed by atoms with E-state index in [1.54, 1.807) is 0 Å². The van der Waals surface area contributed by atoms with Crippen molar-refractivity contribution in [3.8, 4) is 18.2 Å². The van der Waals surface area contributed by atoms with Gasteiger partial charge in [0.2, 0.25) is 0 Å². The average molecular weight is 300 g/mol. The first-order valence-electron chi connectivity index (χ1n) is 6.22. The predicted molar refractivity (Wildman–Crippen MR) is 80.0 cm³/mol. The molecule has 4 rings (SSSR count). The summed E-state index contributed by atoms with van der Waals surface area (Å²) >= 11 is 1.46. The summed E-state index contributed by atoms with van der Waals surface area (Å²) in [5.41, 5.74) is 1.97. The van der Waals surface area contributed by atoms with Crippen molar-refractivity contribution in [1.82, 2.24) is 14.4 Å².